The minimum absolute atomic E-state index is 1.04. The van der Waals surface area contributed by atoms with E-state index in [-0.39, 0.29) is 0 Å². The van der Waals surface area contributed by atoms with Gasteiger partial charge in [-0.25, -0.2) is 4.98 Å². The summed E-state index contributed by atoms with van der Waals surface area (Å²) < 4.78 is 0. The number of hydrogen-bond acceptors (Lipinski definition) is 3. The maximum Gasteiger partial charge on any atom is 0.128 e. The van der Waals surface area contributed by atoms with Crippen molar-refractivity contribution in [2.45, 2.75) is 13.3 Å². The molecule has 0 spiro atoms. The van der Waals surface area contributed by atoms with Crippen molar-refractivity contribution in [2.75, 3.05) is 31.1 Å². The maximum atomic E-state index is 4.38. The molecule has 2 rings (SSSR count). The average molecular weight is 217 g/mol. The van der Waals surface area contributed by atoms with Gasteiger partial charge in [0.05, 0.1) is 0 Å². The van der Waals surface area contributed by atoms with E-state index in [9.17, 15) is 0 Å². The summed E-state index contributed by atoms with van der Waals surface area (Å²) in [5.74, 6) is 1.09. The summed E-state index contributed by atoms with van der Waals surface area (Å²) in [7, 11) is 0. The van der Waals surface area contributed by atoms with E-state index in [1.54, 1.807) is 0 Å². The van der Waals surface area contributed by atoms with Gasteiger partial charge in [-0.05, 0) is 18.6 Å². The molecule has 3 heteroatoms. The summed E-state index contributed by atoms with van der Waals surface area (Å²) in [5, 5.41) is 0. The Balaban J connectivity index is 1.93. The molecule has 86 valence electrons. The lowest BCUT2D eigenvalue weighted by atomic mass is 10.2. The van der Waals surface area contributed by atoms with E-state index in [0.29, 0.717) is 0 Å². The molecule has 1 aliphatic heterocycles. The first-order valence-corrected chi connectivity index (χ1v) is 5.90. The summed E-state index contributed by atoms with van der Waals surface area (Å²) in [6, 6.07) is 6.07. The minimum Gasteiger partial charge on any atom is -0.372 e. The van der Waals surface area contributed by atoms with E-state index in [1.165, 1.54) is 5.70 Å². The van der Waals surface area contributed by atoms with Crippen LogP contribution in [0, 0.1) is 0 Å². The van der Waals surface area contributed by atoms with E-state index < -0.39 is 0 Å². The van der Waals surface area contributed by atoms with Crippen molar-refractivity contribution >= 4 is 5.82 Å². The predicted octanol–water partition coefficient (Wildman–Crippen LogP) is 2.13. The van der Waals surface area contributed by atoms with Crippen LogP contribution in [0.15, 0.2) is 36.7 Å². The molecule has 0 aromatic carbocycles. The fraction of sp³-hybridized carbons (Fsp3) is 0.462. The van der Waals surface area contributed by atoms with Crippen molar-refractivity contribution in [3.8, 4) is 0 Å². The van der Waals surface area contributed by atoms with Crippen LogP contribution in [0.25, 0.3) is 0 Å². The second-order valence-corrected chi connectivity index (χ2v) is 4.08. The molecule has 0 bridgehead atoms. The molecular weight excluding hydrogens is 198 g/mol. The molecule has 1 saturated heterocycles. The molecule has 16 heavy (non-hydrogen) atoms. The smallest absolute Gasteiger partial charge is 0.128 e. The van der Waals surface area contributed by atoms with Crippen LogP contribution in [-0.2, 0) is 0 Å². The van der Waals surface area contributed by atoms with Gasteiger partial charge >= 0.3 is 0 Å². The van der Waals surface area contributed by atoms with Gasteiger partial charge in [-0.3, -0.25) is 0 Å². The molecule has 0 amide bonds. The highest BCUT2D eigenvalue weighted by Gasteiger charge is 2.17. The second kappa shape index (κ2) is 5.01. The van der Waals surface area contributed by atoms with Crippen molar-refractivity contribution in [1.82, 2.24) is 9.88 Å². The highest BCUT2D eigenvalue weighted by molar-refractivity contribution is 5.38. The van der Waals surface area contributed by atoms with Crippen LogP contribution < -0.4 is 4.90 Å². The Morgan fingerprint density at radius 2 is 2.06 bits per heavy atom. The van der Waals surface area contributed by atoms with Gasteiger partial charge in [-0.1, -0.05) is 19.6 Å². The van der Waals surface area contributed by atoms with Gasteiger partial charge in [0.15, 0.2) is 0 Å². The van der Waals surface area contributed by atoms with Crippen molar-refractivity contribution in [2.24, 2.45) is 0 Å². The Kier molecular flexibility index (Phi) is 3.44. The van der Waals surface area contributed by atoms with Gasteiger partial charge in [0.1, 0.15) is 5.82 Å². The highest BCUT2D eigenvalue weighted by atomic mass is 15.3. The third-order valence-electron chi connectivity index (χ3n) is 3.11. The molecule has 1 aromatic heterocycles. The standard InChI is InChI=1S/C13H19N3/c1-3-12(2)15-8-10-16(11-9-15)13-6-4-5-7-14-13/h4-7H,2-3,8-11H2,1H3. The number of aromatic nitrogens is 1. The predicted molar refractivity (Wildman–Crippen MR) is 67.5 cm³/mol. The van der Waals surface area contributed by atoms with Crippen LogP contribution in [0.4, 0.5) is 5.82 Å². The topological polar surface area (TPSA) is 19.4 Å². The van der Waals surface area contributed by atoms with Crippen LogP contribution in [0.5, 0.6) is 0 Å². The molecule has 0 saturated carbocycles. The number of pyridine rings is 1. The quantitative estimate of drug-likeness (QED) is 0.773. The first kappa shape index (κ1) is 11.0. The first-order valence-electron chi connectivity index (χ1n) is 5.90. The molecule has 0 radical (unpaired) electrons. The maximum absolute atomic E-state index is 4.38. The third-order valence-corrected chi connectivity index (χ3v) is 3.11. The molecule has 1 aliphatic rings. The van der Waals surface area contributed by atoms with Crippen LogP contribution in [0.2, 0.25) is 0 Å². The number of hydrogen-bond donors (Lipinski definition) is 0. The molecule has 0 unspecified atom stereocenters. The summed E-state index contributed by atoms with van der Waals surface area (Å²) in [6.07, 6.45) is 2.90. The Bertz CT molecular complexity index is 339. The number of allylic oxidation sites excluding steroid dienone is 1. The molecular formula is C13H19N3. The van der Waals surface area contributed by atoms with E-state index in [2.05, 4.69) is 34.4 Å². The van der Waals surface area contributed by atoms with Crippen LogP contribution in [0.1, 0.15) is 13.3 Å². The molecule has 0 N–H and O–H groups in total. The summed E-state index contributed by atoms with van der Waals surface area (Å²) in [4.78, 5) is 9.08. The Labute approximate surface area is 97.4 Å². The van der Waals surface area contributed by atoms with Gasteiger partial charge in [0.2, 0.25) is 0 Å². The molecule has 2 heterocycles. The van der Waals surface area contributed by atoms with E-state index in [0.717, 1.165) is 38.4 Å². The zero-order chi connectivity index (χ0) is 11.4. The summed E-state index contributed by atoms with van der Waals surface area (Å²) >= 11 is 0. The van der Waals surface area contributed by atoms with E-state index in [4.69, 9.17) is 0 Å². The lowest BCUT2D eigenvalue weighted by molar-refractivity contribution is 0.314. The van der Waals surface area contributed by atoms with Crippen molar-refractivity contribution < 1.29 is 0 Å². The van der Waals surface area contributed by atoms with Crippen LogP contribution in [-0.4, -0.2) is 36.1 Å². The normalized spacial score (nSPS) is 16.3. The zero-order valence-electron chi connectivity index (χ0n) is 9.89. The zero-order valence-corrected chi connectivity index (χ0v) is 9.89. The number of piperazine rings is 1. The second-order valence-electron chi connectivity index (χ2n) is 4.08. The monoisotopic (exact) mass is 217 g/mol. The van der Waals surface area contributed by atoms with E-state index >= 15 is 0 Å². The van der Waals surface area contributed by atoms with Gasteiger partial charge in [0, 0.05) is 38.1 Å². The molecule has 1 fully saturated rings. The molecule has 1 aromatic rings. The molecule has 0 atom stereocenters. The van der Waals surface area contributed by atoms with Gasteiger partial charge in [-0.2, -0.15) is 0 Å². The highest BCUT2D eigenvalue weighted by Crippen LogP contribution is 2.15. The fourth-order valence-corrected chi connectivity index (χ4v) is 2.02. The Morgan fingerprint density at radius 3 is 2.62 bits per heavy atom. The average Bonchev–Trinajstić information content (AvgIpc) is 2.39. The number of nitrogens with zero attached hydrogens (tertiary/aromatic N) is 3. The minimum atomic E-state index is 1.04. The first-order chi connectivity index (χ1) is 7.81. The van der Waals surface area contributed by atoms with Crippen molar-refractivity contribution in [3.63, 3.8) is 0 Å². The van der Waals surface area contributed by atoms with Gasteiger partial charge in [-0.15, -0.1) is 0 Å². The number of anilines is 1. The lowest BCUT2D eigenvalue weighted by Gasteiger charge is -2.37. The van der Waals surface area contributed by atoms with Crippen molar-refractivity contribution in [3.05, 3.63) is 36.7 Å². The Hall–Kier alpha value is -1.51. The van der Waals surface area contributed by atoms with Crippen LogP contribution in [0.3, 0.4) is 0 Å². The molecule has 0 aliphatic carbocycles. The van der Waals surface area contributed by atoms with Crippen molar-refractivity contribution in [1.29, 1.82) is 0 Å². The van der Waals surface area contributed by atoms with Gasteiger partial charge in [0.25, 0.3) is 0 Å². The fourth-order valence-electron chi connectivity index (χ4n) is 2.02. The van der Waals surface area contributed by atoms with Gasteiger partial charge < -0.3 is 9.80 Å². The number of rotatable bonds is 3. The SMILES string of the molecule is C=C(CC)N1CCN(c2ccccn2)CC1. The summed E-state index contributed by atoms with van der Waals surface area (Å²) in [6.45, 7) is 10.4. The lowest BCUT2D eigenvalue weighted by Crippen LogP contribution is -2.45. The summed E-state index contributed by atoms with van der Waals surface area (Å²) in [5.41, 5.74) is 1.25. The Morgan fingerprint density at radius 1 is 1.31 bits per heavy atom. The largest absolute Gasteiger partial charge is 0.372 e. The third kappa shape index (κ3) is 2.35. The van der Waals surface area contributed by atoms with E-state index in [1.807, 2.05) is 18.3 Å². The molecule has 3 nitrogen and oxygen atoms in total. The van der Waals surface area contributed by atoms with Crippen LogP contribution >= 0.6 is 0 Å².